The zero-order valence-corrected chi connectivity index (χ0v) is 11.1. The fraction of sp³-hybridized carbons (Fsp3) is 1.00. The molecular formula is C9H19NO8S. The van der Waals surface area contributed by atoms with Gasteiger partial charge < -0.3 is 30.8 Å². The van der Waals surface area contributed by atoms with Crippen LogP contribution >= 0.6 is 0 Å². The Kier molecular flexibility index (Phi) is 5.65. The van der Waals surface area contributed by atoms with Gasteiger partial charge in [0.2, 0.25) is 0 Å². The molecule has 0 unspecified atom stereocenters. The van der Waals surface area contributed by atoms with Gasteiger partial charge in [0, 0.05) is 6.54 Å². The molecule has 114 valence electrons. The largest absolute Gasteiger partial charge is 0.394 e. The Hall–Kier alpha value is -0.330. The Morgan fingerprint density at radius 3 is 2.32 bits per heavy atom. The quantitative estimate of drug-likeness (QED) is 0.267. The number of rotatable bonds is 6. The van der Waals surface area contributed by atoms with Gasteiger partial charge in [-0.25, -0.2) is 0 Å². The average molecular weight is 301 g/mol. The number of hydrogen-bond acceptors (Lipinski definition) is 9. The molecule has 0 bridgehead atoms. The molecule has 1 rings (SSSR count). The molecule has 0 radical (unpaired) electrons. The van der Waals surface area contributed by atoms with Crippen LogP contribution in [0.15, 0.2) is 0 Å². The Morgan fingerprint density at radius 2 is 1.95 bits per heavy atom. The highest BCUT2D eigenvalue weighted by Crippen LogP contribution is 2.17. The lowest BCUT2D eigenvalue weighted by atomic mass is 9.97. The maximum Gasteiger partial charge on any atom is 0.264 e. The van der Waals surface area contributed by atoms with E-state index in [9.17, 15) is 28.8 Å². The normalized spacial score (nSPS) is 33.1. The van der Waals surface area contributed by atoms with Crippen molar-refractivity contribution in [1.82, 2.24) is 5.32 Å². The summed E-state index contributed by atoms with van der Waals surface area (Å²) in [6.07, 6.45) is -6.61. The molecular weight excluding hydrogens is 282 g/mol. The fourth-order valence-electron chi connectivity index (χ4n) is 1.91. The fourth-order valence-corrected chi connectivity index (χ4v) is 2.54. The van der Waals surface area contributed by atoms with Crippen molar-refractivity contribution in [3.8, 4) is 0 Å². The van der Waals surface area contributed by atoms with Gasteiger partial charge in [-0.05, 0) is 0 Å². The third-order valence-electron chi connectivity index (χ3n) is 2.90. The molecule has 6 atom stereocenters. The minimum absolute atomic E-state index is 0.0202. The standard InChI is InChI=1S/C9H19NO8S/c1-19(16,17)18-5(3-11)8(14)9(15)6-7(13)4(12)2-10-6/h4-15H,2-3H2,1H3/t4-,5-,6+,7+,8+,9+/m0/s1. The zero-order valence-electron chi connectivity index (χ0n) is 10.2. The van der Waals surface area contributed by atoms with Gasteiger partial charge in [0.15, 0.2) is 0 Å². The summed E-state index contributed by atoms with van der Waals surface area (Å²) in [5.74, 6) is 0. The van der Waals surface area contributed by atoms with Gasteiger partial charge in [-0.1, -0.05) is 0 Å². The average Bonchev–Trinajstić information content (AvgIpc) is 2.64. The van der Waals surface area contributed by atoms with Crippen LogP contribution in [0, 0.1) is 0 Å². The van der Waals surface area contributed by atoms with E-state index in [2.05, 4.69) is 9.50 Å². The summed E-state index contributed by atoms with van der Waals surface area (Å²) >= 11 is 0. The smallest absolute Gasteiger partial charge is 0.264 e. The Labute approximate surface area is 110 Å². The van der Waals surface area contributed by atoms with Crippen molar-refractivity contribution in [3.63, 3.8) is 0 Å². The molecule has 0 aromatic carbocycles. The van der Waals surface area contributed by atoms with Gasteiger partial charge >= 0.3 is 0 Å². The molecule has 1 aliphatic rings. The minimum atomic E-state index is -3.93. The summed E-state index contributed by atoms with van der Waals surface area (Å²) in [7, 11) is -3.93. The van der Waals surface area contributed by atoms with Crippen LogP contribution in [0.3, 0.4) is 0 Å². The van der Waals surface area contributed by atoms with Gasteiger partial charge in [0.05, 0.1) is 31.1 Å². The predicted octanol–water partition coefficient (Wildman–Crippen LogP) is -4.26. The van der Waals surface area contributed by atoms with Crippen LogP contribution in [-0.4, -0.2) is 89.9 Å². The van der Waals surface area contributed by atoms with Crippen molar-refractivity contribution >= 4 is 10.1 Å². The maximum atomic E-state index is 10.9. The van der Waals surface area contributed by atoms with Crippen LogP contribution in [-0.2, 0) is 14.3 Å². The molecule has 0 saturated carbocycles. The highest BCUT2D eigenvalue weighted by molar-refractivity contribution is 7.86. The first-order valence-corrected chi connectivity index (χ1v) is 7.43. The Balaban J connectivity index is 2.72. The third kappa shape index (κ3) is 4.33. The van der Waals surface area contributed by atoms with Crippen LogP contribution < -0.4 is 5.32 Å². The first kappa shape index (κ1) is 16.7. The summed E-state index contributed by atoms with van der Waals surface area (Å²) in [6.45, 7) is -0.816. The highest BCUT2D eigenvalue weighted by Gasteiger charge is 2.43. The van der Waals surface area contributed by atoms with Crippen LogP contribution in [0.25, 0.3) is 0 Å². The van der Waals surface area contributed by atoms with Crippen molar-refractivity contribution in [2.75, 3.05) is 19.4 Å². The number of aliphatic hydroxyl groups excluding tert-OH is 5. The molecule has 1 fully saturated rings. The summed E-state index contributed by atoms with van der Waals surface area (Å²) in [6, 6.07) is -1.05. The lowest BCUT2D eigenvalue weighted by Crippen LogP contribution is -2.54. The molecule has 0 amide bonds. The SMILES string of the molecule is CS(=O)(=O)O[C@@H](CO)[C@@H](O)[C@H](O)[C@@H]1NC[C@H](O)[C@H]1O. The van der Waals surface area contributed by atoms with Crippen molar-refractivity contribution in [2.45, 2.75) is 36.6 Å². The molecule has 0 aromatic heterocycles. The van der Waals surface area contributed by atoms with Gasteiger partial charge in [-0.3, -0.25) is 4.18 Å². The van der Waals surface area contributed by atoms with E-state index in [0.29, 0.717) is 0 Å². The number of hydrogen-bond donors (Lipinski definition) is 6. The second-order valence-electron chi connectivity index (χ2n) is 4.49. The summed E-state index contributed by atoms with van der Waals surface area (Å²) in [5.41, 5.74) is 0. The Morgan fingerprint density at radius 1 is 1.37 bits per heavy atom. The summed E-state index contributed by atoms with van der Waals surface area (Å²) < 4.78 is 26.3. The minimum Gasteiger partial charge on any atom is -0.394 e. The first-order valence-electron chi connectivity index (χ1n) is 5.62. The van der Waals surface area contributed by atoms with E-state index in [0.717, 1.165) is 6.26 Å². The van der Waals surface area contributed by atoms with E-state index >= 15 is 0 Å². The number of aliphatic hydroxyl groups is 5. The van der Waals surface area contributed by atoms with Gasteiger partial charge in [-0.15, -0.1) is 0 Å². The molecule has 0 spiro atoms. The van der Waals surface area contributed by atoms with Crippen LogP contribution in [0.1, 0.15) is 0 Å². The van der Waals surface area contributed by atoms with Crippen LogP contribution in [0.4, 0.5) is 0 Å². The van der Waals surface area contributed by atoms with Gasteiger partial charge in [0.1, 0.15) is 18.3 Å². The predicted molar refractivity (Wildman–Crippen MR) is 62.6 cm³/mol. The van der Waals surface area contributed by atoms with E-state index in [1.807, 2.05) is 0 Å². The van der Waals surface area contributed by atoms with Crippen LogP contribution in [0.2, 0.25) is 0 Å². The molecule has 19 heavy (non-hydrogen) atoms. The maximum absolute atomic E-state index is 10.9. The molecule has 6 N–H and O–H groups in total. The molecule has 0 aromatic rings. The van der Waals surface area contributed by atoms with Crippen LogP contribution in [0.5, 0.6) is 0 Å². The summed E-state index contributed by atoms with van der Waals surface area (Å²) in [5, 5.41) is 50.0. The van der Waals surface area contributed by atoms with E-state index in [-0.39, 0.29) is 6.54 Å². The van der Waals surface area contributed by atoms with Gasteiger partial charge in [0.25, 0.3) is 10.1 Å². The van der Waals surface area contributed by atoms with E-state index in [1.54, 1.807) is 0 Å². The van der Waals surface area contributed by atoms with Crippen molar-refractivity contribution in [2.24, 2.45) is 0 Å². The zero-order chi connectivity index (χ0) is 14.8. The molecule has 1 aliphatic heterocycles. The van der Waals surface area contributed by atoms with Crippen molar-refractivity contribution < 1.29 is 38.1 Å². The monoisotopic (exact) mass is 301 g/mol. The topological polar surface area (TPSA) is 157 Å². The molecule has 10 heteroatoms. The number of β-amino-alcohol motifs (C(OH)–C–C–N with tert-alkyl or cyclic N) is 1. The van der Waals surface area contributed by atoms with Gasteiger partial charge in [-0.2, -0.15) is 8.42 Å². The lowest BCUT2D eigenvalue weighted by molar-refractivity contribution is -0.0906. The third-order valence-corrected chi connectivity index (χ3v) is 3.50. The van der Waals surface area contributed by atoms with E-state index in [4.69, 9.17) is 5.11 Å². The molecule has 9 nitrogen and oxygen atoms in total. The van der Waals surface area contributed by atoms with E-state index in [1.165, 1.54) is 0 Å². The molecule has 0 aliphatic carbocycles. The molecule has 1 saturated heterocycles. The Bertz CT molecular complexity index is 388. The first-order chi connectivity index (χ1) is 8.67. The van der Waals surface area contributed by atoms with E-state index < -0.39 is 53.3 Å². The second kappa shape index (κ2) is 6.41. The second-order valence-corrected chi connectivity index (χ2v) is 6.10. The number of nitrogens with one attached hydrogen (secondary N) is 1. The van der Waals surface area contributed by atoms with Crippen molar-refractivity contribution in [1.29, 1.82) is 0 Å². The van der Waals surface area contributed by atoms with Crippen molar-refractivity contribution in [3.05, 3.63) is 0 Å². The highest BCUT2D eigenvalue weighted by atomic mass is 32.2. The summed E-state index contributed by atoms with van der Waals surface area (Å²) in [4.78, 5) is 0. The molecule has 1 heterocycles. The lowest BCUT2D eigenvalue weighted by Gasteiger charge is -2.29.